The van der Waals surface area contributed by atoms with E-state index in [0.717, 1.165) is 30.8 Å². The highest BCUT2D eigenvalue weighted by molar-refractivity contribution is 6.04. The first-order valence-corrected chi connectivity index (χ1v) is 13.5. The maximum absolute atomic E-state index is 12.3. The quantitative estimate of drug-likeness (QED) is 0.158. The first-order chi connectivity index (χ1) is 17.2. The Morgan fingerprint density at radius 2 is 1.14 bits per heavy atom. The van der Waals surface area contributed by atoms with Crippen molar-refractivity contribution in [1.29, 1.82) is 0 Å². The SMILES string of the molecule is COC(=O)CCCCCCCCCCCCCCCNc1ccc(C(=O)Nc2ccccc2)cc1. The molecule has 0 aliphatic heterocycles. The van der Waals surface area contributed by atoms with Crippen LogP contribution in [0.1, 0.15) is 100 Å². The Morgan fingerprint density at radius 3 is 1.69 bits per heavy atom. The summed E-state index contributed by atoms with van der Waals surface area (Å²) in [5, 5.41) is 6.37. The van der Waals surface area contributed by atoms with Crippen LogP contribution in [-0.2, 0) is 9.53 Å². The van der Waals surface area contributed by atoms with E-state index < -0.39 is 0 Å². The molecule has 0 saturated heterocycles. The molecule has 0 bridgehead atoms. The van der Waals surface area contributed by atoms with Crippen LogP contribution in [0.3, 0.4) is 0 Å². The number of para-hydroxylation sites is 1. The van der Waals surface area contributed by atoms with Gasteiger partial charge in [0.1, 0.15) is 0 Å². The van der Waals surface area contributed by atoms with Crippen molar-refractivity contribution in [2.24, 2.45) is 0 Å². The maximum Gasteiger partial charge on any atom is 0.305 e. The number of anilines is 2. The Morgan fingerprint density at radius 1 is 0.629 bits per heavy atom. The normalized spacial score (nSPS) is 10.7. The van der Waals surface area contributed by atoms with Crippen molar-refractivity contribution >= 4 is 23.3 Å². The van der Waals surface area contributed by atoms with Gasteiger partial charge in [-0.05, 0) is 49.2 Å². The minimum absolute atomic E-state index is 0.0852. The van der Waals surface area contributed by atoms with Gasteiger partial charge < -0.3 is 15.4 Å². The van der Waals surface area contributed by atoms with E-state index in [1.807, 2.05) is 54.6 Å². The molecule has 0 atom stereocenters. The second kappa shape index (κ2) is 18.5. The van der Waals surface area contributed by atoms with Gasteiger partial charge in [0, 0.05) is 29.9 Å². The van der Waals surface area contributed by atoms with Gasteiger partial charge in [0.2, 0.25) is 0 Å². The Hall–Kier alpha value is -2.82. The van der Waals surface area contributed by atoms with Gasteiger partial charge in [-0.2, -0.15) is 0 Å². The molecule has 5 heteroatoms. The summed E-state index contributed by atoms with van der Waals surface area (Å²) in [7, 11) is 1.46. The molecule has 35 heavy (non-hydrogen) atoms. The van der Waals surface area contributed by atoms with Crippen LogP contribution < -0.4 is 10.6 Å². The molecule has 0 aliphatic carbocycles. The number of ether oxygens (including phenoxy) is 1. The van der Waals surface area contributed by atoms with Gasteiger partial charge in [-0.15, -0.1) is 0 Å². The van der Waals surface area contributed by atoms with E-state index in [2.05, 4.69) is 15.4 Å². The topological polar surface area (TPSA) is 67.4 Å². The van der Waals surface area contributed by atoms with E-state index in [1.54, 1.807) is 0 Å². The zero-order valence-corrected chi connectivity index (χ0v) is 21.5. The fraction of sp³-hybridized carbons (Fsp3) is 0.533. The van der Waals surface area contributed by atoms with Gasteiger partial charge in [0.15, 0.2) is 0 Å². The molecule has 0 spiro atoms. The molecule has 2 aromatic rings. The smallest absolute Gasteiger partial charge is 0.305 e. The van der Waals surface area contributed by atoms with Gasteiger partial charge in [-0.1, -0.05) is 88.8 Å². The monoisotopic (exact) mass is 480 g/mol. The molecular formula is C30H44N2O3. The third-order valence-electron chi connectivity index (χ3n) is 6.29. The van der Waals surface area contributed by atoms with Crippen molar-refractivity contribution in [3.05, 3.63) is 60.2 Å². The number of methoxy groups -OCH3 is 1. The predicted molar refractivity (Wildman–Crippen MR) is 146 cm³/mol. The number of hydrogen-bond acceptors (Lipinski definition) is 4. The first kappa shape index (κ1) is 28.4. The summed E-state index contributed by atoms with van der Waals surface area (Å²) in [6.45, 7) is 0.967. The number of nitrogens with one attached hydrogen (secondary N) is 2. The molecule has 0 aromatic heterocycles. The lowest BCUT2D eigenvalue weighted by molar-refractivity contribution is -0.140. The second-order valence-electron chi connectivity index (χ2n) is 9.25. The maximum atomic E-state index is 12.3. The Bertz CT molecular complexity index is 821. The lowest BCUT2D eigenvalue weighted by Crippen LogP contribution is -2.11. The molecule has 0 aliphatic rings. The molecule has 0 heterocycles. The van der Waals surface area contributed by atoms with E-state index in [-0.39, 0.29) is 11.9 Å². The van der Waals surface area contributed by atoms with Crippen molar-refractivity contribution in [1.82, 2.24) is 0 Å². The number of carbonyl (C=O) groups is 2. The van der Waals surface area contributed by atoms with Crippen molar-refractivity contribution in [2.75, 3.05) is 24.3 Å². The molecule has 0 fully saturated rings. The Balaban J connectivity index is 1.38. The average Bonchev–Trinajstić information content (AvgIpc) is 2.89. The van der Waals surface area contributed by atoms with Gasteiger partial charge in [-0.25, -0.2) is 0 Å². The number of benzene rings is 2. The highest BCUT2D eigenvalue weighted by Crippen LogP contribution is 2.15. The molecule has 192 valence electrons. The van der Waals surface area contributed by atoms with Crippen molar-refractivity contribution in [2.45, 2.75) is 89.9 Å². The van der Waals surface area contributed by atoms with E-state index in [1.165, 1.54) is 77.7 Å². The van der Waals surface area contributed by atoms with Crippen molar-refractivity contribution in [3.8, 4) is 0 Å². The number of amides is 1. The van der Waals surface area contributed by atoms with Crippen LogP contribution >= 0.6 is 0 Å². The zero-order chi connectivity index (χ0) is 25.0. The summed E-state index contributed by atoms with van der Waals surface area (Å²) in [5.74, 6) is -0.173. The summed E-state index contributed by atoms with van der Waals surface area (Å²) in [6.07, 6.45) is 17.0. The fourth-order valence-electron chi connectivity index (χ4n) is 4.14. The van der Waals surface area contributed by atoms with E-state index in [9.17, 15) is 9.59 Å². The van der Waals surface area contributed by atoms with Crippen LogP contribution in [0.4, 0.5) is 11.4 Å². The summed E-state index contributed by atoms with van der Waals surface area (Å²) >= 11 is 0. The van der Waals surface area contributed by atoms with Gasteiger partial charge in [-0.3, -0.25) is 9.59 Å². The lowest BCUT2D eigenvalue weighted by atomic mass is 10.0. The van der Waals surface area contributed by atoms with Gasteiger partial charge >= 0.3 is 5.97 Å². The molecule has 2 aromatic carbocycles. The fourth-order valence-corrected chi connectivity index (χ4v) is 4.14. The van der Waals surface area contributed by atoms with E-state index in [4.69, 9.17) is 0 Å². The van der Waals surface area contributed by atoms with E-state index >= 15 is 0 Å². The second-order valence-corrected chi connectivity index (χ2v) is 9.25. The summed E-state index contributed by atoms with van der Waals surface area (Å²) in [5.41, 5.74) is 2.53. The number of hydrogen-bond donors (Lipinski definition) is 2. The molecule has 2 rings (SSSR count). The zero-order valence-electron chi connectivity index (χ0n) is 21.5. The minimum atomic E-state index is -0.0878. The third kappa shape index (κ3) is 13.6. The van der Waals surface area contributed by atoms with Crippen LogP contribution in [0, 0.1) is 0 Å². The minimum Gasteiger partial charge on any atom is -0.469 e. The summed E-state index contributed by atoms with van der Waals surface area (Å²) in [6, 6.07) is 17.2. The largest absolute Gasteiger partial charge is 0.469 e. The highest BCUT2D eigenvalue weighted by atomic mass is 16.5. The van der Waals surface area contributed by atoms with Crippen LogP contribution in [-0.4, -0.2) is 25.5 Å². The summed E-state index contributed by atoms with van der Waals surface area (Å²) < 4.78 is 4.66. The number of carbonyl (C=O) groups excluding carboxylic acids is 2. The van der Waals surface area contributed by atoms with Crippen LogP contribution in [0.25, 0.3) is 0 Å². The standard InChI is InChI=1S/C30H44N2O3/c1-35-29(33)20-16-11-9-7-5-3-2-4-6-8-10-12-17-25-31-27-23-21-26(22-24-27)30(34)32-28-18-14-13-15-19-28/h13-15,18-19,21-24,31H,2-12,16-17,20,25H2,1H3,(H,32,34). The molecular weight excluding hydrogens is 436 g/mol. The highest BCUT2D eigenvalue weighted by Gasteiger charge is 2.05. The predicted octanol–water partition coefficient (Wildman–Crippen LogP) is 7.99. The summed E-state index contributed by atoms with van der Waals surface area (Å²) in [4.78, 5) is 23.4. The molecule has 0 unspecified atom stereocenters. The average molecular weight is 481 g/mol. The molecule has 1 amide bonds. The van der Waals surface area contributed by atoms with Crippen LogP contribution in [0.5, 0.6) is 0 Å². The van der Waals surface area contributed by atoms with Crippen LogP contribution in [0.2, 0.25) is 0 Å². The van der Waals surface area contributed by atoms with Crippen molar-refractivity contribution in [3.63, 3.8) is 0 Å². The van der Waals surface area contributed by atoms with Gasteiger partial charge in [0.05, 0.1) is 7.11 Å². The molecule has 0 saturated carbocycles. The number of esters is 1. The van der Waals surface area contributed by atoms with Gasteiger partial charge in [0.25, 0.3) is 5.91 Å². The molecule has 5 nitrogen and oxygen atoms in total. The molecule has 0 radical (unpaired) electrons. The Kier molecular flexibility index (Phi) is 15.0. The van der Waals surface area contributed by atoms with Crippen LogP contribution in [0.15, 0.2) is 54.6 Å². The molecule has 2 N–H and O–H groups in total. The Labute approximate surface area is 212 Å². The third-order valence-corrected chi connectivity index (χ3v) is 6.29. The van der Waals surface area contributed by atoms with Crippen molar-refractivity contribution < 1.29 is 14.3 Å². The number of unbranched alkanes of at least 4 members (excludes halogenated alkanes) is 12. The first-order valence-electron chi connectivity index (χ1n) is 13.5. The number of rotatable bonds is 19. The van der Waals surface area contributed by atoms with E-state index in [0.29, 0.717) is 12.0 Å². The lowest BCUT2D eigenvalue weighted by Gasteiger charge is -2.08.